The van der Waals surface area contributed by atoms with Crippen LogP contribution in [0.25, 0.3) is 0 Å². The van der Waals surface area contributed by atoms with Crippen LogP contribution in [0.3, 0.4) is 0 Å². The molecule has 3 rings (SSSR count). The number of rotatable bonds is 6. The Bertz CT molecular complexity index is 986. The zero-order valence-electron chi connectivity index (χ0n) is 16.0. The molecule has 1 aliphatic heterocycles. The Morgan fingerprint density at radius 3 is 2.28 bits per heavy atom. The highest BCUT2D eigenvalue weighted by atomic mass is 32.2. The molecule has 2 N–H and O–H groups in total. The number of nitrogens with zero attached hydrogens (tertiary/aromatic N) is 2. The molecule has 1 saturated heterocycles. The van der Waals surface area contributed by atoms with E-state index in [1.54, 1.807) is 0 Å². The molecule has 1 heterocycles. The molecule has 2 aromatic rings. The molecular formula is C20H23N3O5S. The number of para-hydroxylation sites is 1. The van der Waals surface area contributed by atoms with Crippen LogP contribution >= 0.6 is 0 Å². The predicted octanol–water partition coefficient (Wildman–Crippen LogP) is 1.23. The molecule has 0 aliphatic carbocycles. The van der Waals surface area contributed by atoms with Crippen LogP contribution in [0.2, 0.25) is 0 Å². The molecule has 2 aromatic carbocycles. The molecule has 1 aliphatic rings. The maximum Gasteiger partial charge on any atom is 0.338 e. The number of nitrogens with two attached hydrogens (primary N) is 1. The lowest BCUT2D eigenvalue weighted by Crippen LogP contribution is -2.48. The number of sulfonamides is 1. The molecular weight excluding hydrogens is 394 g/mol. The van der Waals surface area contributed by atoms with Crippen molar-refractivity contribution >= 4 is 27.6 Å². The predicted molar refractivity (Wildman–Crippen MR) is 108 cm³/mol. The van der Waals surface area contributed by atoms with Crippen molar-refractivity contribution < 1.29 is 22.7 Å². The van der Waals surface area contributed by atoms with Crippen molar-refractivity contribution in [3.63, 3.8) is 0 Å². The number of carbonyl (C=O) groups is 2. The van der Waals surface area contributed by atoms with Gasteiger partial charge < -0.3 is 15.4 Å². The van der Waals surface area contributed by atoms with Gasteiger partial charge in [0.2, 0.25) is 10.0 Å². The average molecular weight is 417 g/mol. The Balaban J connectivity index is 1.72. The van der Waals surface area contributed by atoms with Crippen LogP contribution < -0.4 is 10.6 Å². The summed E-state index contributed by atoms with van der Waals surface area (Å²) in [5, 5.41) is 0. The topological polar surface area (TPSA) is 110 Å². The molecule has 0 saturated carbocycles. The van der Waals surface area contributed by atoms with Gasteiger partial charge >= 0.3 is 5.97 Å². The van der Waals surface area contributed by atoms with Gasteiger partial charge in [0.15, 0.2) is 6.10 Å². The minimum Gasteiger partial charge on any atom is -0.449 e. The number of carbonyl (C=O) groups excluding carboxylic acids is 2. The normalized spacial score (nSPS) is 16.2. The lowest BCUT2D eigenvalue weighted by atomic mass is 10.2. The summed E-state index contributed by atoms with van der Waals surface area (Å²) in [5.41, 5.74) is 6.19. The summed E-state index contributed by atoms with van der Waals surface area (Å²) >= 11 is 0. The molecule has 9 heteroatoms. The van der Waals surface area contributed by atoms with E-state index in [0.29, 0.717) is 26.2 Å². The van der Waals surface area contributed by atoms with Gasteiger partial charge in [-0.05, 0) is 37.3 Å². The number of benzene rings is 2. The number of primary amides is 1. The highest BCUT2D eigenvalue weighted by Gasteiger charge is 2.29. The Morgan fingerprint density at radius 2 is 1.66 bits per heavy atom. The molecule has 0 aromatic heterocycles. The monoisotopic (exact) mass is 417 g/mol. The van der Waals surface area contributed by atoms with E-state index in [2.05, 4.69) is 4.90 Å². The summed E-state index contributed by atoms with van der Waals surface area (Å²) in [7, 11) is -3.76. The number of ether oxygens (including phenoxy) is 1. The summed E-state index contributed by atoms with van der Waals surface area (Å²) in [5.74, 6) is -1.58. The van der Waals surface area contributed by atoms with Crippen molar-refractivity contribution in [3.8, 4) is 0 Å². The number of esters is 1. The second kappa shape index (κ2) is 8.62. The van der Waals surface area contributed by atoms with E-state index in [1.165, 1.54) is 35.5 Å². The molecule has 29 heavy (non-hydrogen) atoms. The van der Waals surface area contributed by atoms with E-state index in [1.807, 2.05) is 30.3 Å². The largest absolute Gasteiger partial charge is 0.449 e. The van der Waals surface area contributed by atoms with Gasteiger partial charge in [0, 0.05) is 31.9 Å². The third-order valence-corrected chi connectivity index (χ3v) is 6.65. The summed E-state index contributed by atoms with van der Waals surface area (Å²) in [6.45, 7) is 3.17. The number of hydrogen-bond donors (Lipinski definition) is 1. The summed E-state index contributed by atoms with van der Waals surface area (Å²) in [6.07, 6.45) is -1.10. The number of amides is 1. The summed E-state index contributed by atoms with van der Waals surface area (Å²) < 4.78 is 32.4. The van der Waals surface area contributed by atoms with Crippen molar-refractivity contribution in [3.05, 3.63) is 60.2 Å². The highest BCUT2D eigenvalue weighted by molar-refractivity contribution is 7.89. The first-order chi connectivity index (χ1) is 13.8. The van der Waals surface area contributed by atoms with Gasteiger partial charge in [-0.3, -0.25) is 4.79 Å². The second-order valence-corrected chi connectivity index (χ2v) is 8.64. The molecule has 0 unspecified atom stereocenters. The molecule has 1 fully saturated rings. The quantitative estimate of drug-likeness (QED) is 0.708. The van der Waals surface area contributed by atoms with Crippen molar-refractivity contribution in [2.45, 2.75) is 17.9 Å². The molecule has 1 amide bonds. The molecule has 1 atom stereocenters. The Morgan fingerprint density at radius 1 is 1.00 bits per heavy atom. The fourth-order valence-corrected chi connectivity index (χ4v) is 4.51. The van der Waals surface area contributed by atoms with E-state index in [0.717, 1.165) is 5.69 Å². The molecule has 154 valence electrons. The van der Waals surface area contributed by atoms with Gasteiger partial charge in [0.25, 0.3) is 5.91 Å². The van der Waals surface area contributed by atoms with Crippen molar-refractivity contribution in [2.75, 3.05) is 31.1 Å². The van der Waals surface area contributed by atoms with Gasteiger partial charge in [-0.15, -0.1) is 0 Å². The van der Waals surface area contributed by atoms with Crippen molar-refractivity contribution in [2.24, 2.45) is 5.73 Å². The zero-order chi connectivity index (χ0) is 21.0. The van der Waals surface area contributed by atoms with Crippen LogP contribution in [-0.4, -0.2) is 56.9 Å². The van der Waals surface area contributed by atoms with Crippen molar-refractivity contribution in [1.82, 2.24) is 4.31 Å². The third-order valence-electron chi connectivity index (χ3n) is 4.75. The smallest absolute Gasteiger partial charge is 0.338 e. The first-order valence-electron chi connectivity index (χ1n) is 9.19. The second-order valence-electron chi connectivity index (χ2n) is 6.70. The van der Waals surface area contributed by atoms with Gasteiger partial charge in [-0.25, -0.2) is 13.2 Å². The molecule has 0 bridgehead atoms. The van der Waals surface area contributed by atoms with Crippen molar-refractivity contribution in [1.29, 1.82) is 0 Å². The van der Waals surface area contributed by atoms with E-state index in [4.69, 9.17) is 10.5 Å². The standard InChI is InChI=1S/C20H23N3O5S/c1-15(19(21)24)28-20(25)16-6-5-9-18(14-16)29(26,27)23-12-10-22(11-13-23)17-7-3-2-4-8-17/h2-9,14-15H,10-13H2,1H3,(H2,21,24)/t15-/m0/s1. The summed E-state index contributed by atoms with van der Waals surface area (Å²) in [4.78, 5) is 25.4. The molecule has 8 nitrogen and oxygen atoms in total. The van der Waals surface area contributed by atoms with Gasteiger partial charge in [0.1, 0.15) is 0 Å². The van der Waals surface area contributed by atoms with Crippen LogP contribution in [0.4, 0.5) is 5.69 Å². The van der Waals surface area contributed by atoms with E-state index < -0.39 is 28.0 Å². The maximum atomic E-state index is 13.0. The summed E-state index contributed by atoms with van der Waals surface area (Å²) in [6, 6.07) is 15.4. The van der Waals surface area contributed by atoms with E-state index in [-0.39, 0.29) is 10.5 Å². The Hall–Kier alpha value is -2.91. The fraction of sp³-hybridized carbons (Fsp3) is 0.300. The number of hydrogen-bond acceptors (Lipinski definition) is 6. The van der Waals surface area contributed by atoms with E-state index in [9.17, 15) is 18.0 Å². The lowest BCUT2D eigenvalue weighted by Gasteiger charge is -2.35. The zero-order valence-corrected chi connectivity index (χ0v) is 16.8. The first kappa shape index (κ1) is 20.8. The number of anilines is 1. The number of piperazine rings is 1. The fourth-order valence-electron chi connectivity index (χ4n) is 3.04. The Labute approximate surface area is 169 Å². The first-order valence-corrected chi connectivity index (χ1v) is 10.6. The van der Waals surface area contributed by atoms with E-state index >= 15 is 0 Å². The Kier molecular flexibility index (Phi) is 6.19. The van der Waals surface area contributed by atoms with Crippen LogP contribution in [0.1, 0.15) is 17.3 Å². The van der Waals surface area contributed by atoms with Crippen LogP contribution in [0, 0.1) is 0 Å². The maximum absolute atomic E-state index is 13.0. The minimum absolute atomic E-state index is 0.00633. The SMILES string of the molecule is C[C@H](OC(=O)c1cccc(S(=O)(=O)N2CCN(c3ccccc3)CC2)c1)C(N)=O. The van der Waals surface area contributed by atoms with Crippen LogP contribution in [0.15, 0.2) is 59.5 Å². The minimum atomic E-state index is -3.76. The highest BCUT2D eigenvalue weighted by Crippen LogP contribution is 2.22. The lowest BCUT2D eigenvalue weighted by molar-refractivity contribution is -0.125. The average Bonchev–Trinajstić information content (AvgIpc) is 2.74. The third kappa shape index (κ3) is 4.75. The van der Waals surface area contributed by atoms with Gasteiger partial charge in [0.05, 0.1) is 10.5 Å². The van der Waals surface area contributed by atoms with Gasteiger partial charge in [-0.1, -0.05) is 24.3 Å². The molecule has 0 spiro atoms. The van der Waals surface area contributed by atoms with Crippen LogP contribution in [-0.2, 0) is 19.6 Å². The van der Waals surface area contributed by atoms with Gasteiger partial charge in [-0.2, -0.15) is 4.31 Å². The molecule has 0 radical (unpaired) electrons. The van der Waals surface area contributed by atoms with Crippen LogP contribution in [0.5, 0.6) is 0 Å².